The second-order valence-electron chi connectivity index (χ2n) is 7.78. The van der Waals surface area contributed by atoms with E-state index in [2.05, 4.69) is 25.7 Å². The minimum atomic E-state index is -4.65. The summed E-state index contributed by atoms with van der Waals surface area (Å²) in [6.45, 7) is 1.30. The number of anilines is 4. The first-order valence-corrected chi connectivity index (χ1v) is 12.2. The Balaban J connectivity index is 1.84. The van der Waals surface area contributed by atoms with E-state index in [0.717, 1.165) is 10.9 Å². The summed E-state index contributed by atoms with van der Waals surface area (Å²) in [4.78, 5) is 20.5. The van der Waals surface area contributed by atoms with Crippen molar-refractivity contribution in [3.05, 3.63) is 63.0 Å². The standard InChI is InChI=1S/C21H18ClF3N6O3S/c1-10-4-7-15(28-18(10)21(23,24)25)27-16-9-13(17-19(29-16)30-31(2)20(17)32)26-12-6-5-11(22)8-14(12)35(3,33)34/h4-9H,1-3H3,(H3,26,27,28,29,30). The van der Waals surface area contributed by atoms with E-state index in [0.29, 0.717) is 0 Å². The van der Waals surface area contributed by atoms with Crippen LogP contribution in [0, 0.1) is 6.92 Å². The second-order valence-corrected chi connectivity index (χ2v) is 10.2. The molecule has 0 aliphatic rings. The van der Waals surface area contributed by atoms with Crippen molar-refractivity contribution in [2.75, 3.05) is 16.9 Å². The summed E-state index contributed by atoms with van der Waals surface area (Å²) in [6.07, 6.45) is -3.64. The lowest BCUT2D eigenvalue weighted by atomic mass is 10.2. The molecule has 3 N–H and O–H groups in total. The number of aromatic amines is 1. The van der Waals surface area contributed by atoms with Crippen LogP contribution < -0.4 is 16.2 Å². The SMILES string of the molecule is Cc1ccc(Nc2cc(Nc3ccc(Cl)cc3S(C)(=O)=O)c3c(=O)n(C)[nH]c3n2)nc1C(F)(F)F. The first-order chi connectivity index (χ1) is 16.2. The highest BCUT2D eigenvalue weighted by atomic mass is 35.5. The average Bonchev–Trinajstić information content (AvgIpc) is 3.03. The van der Waals surface area contributed by atoms with Gasteiger partial charge in [-0.15, -0.1) is 0 Å². The summed E-state index contributed by atoms with van der Waals surface area (Å²) in [7, 11) is -2.24. The zero-order valence-electron chi connectivity index (χ0n) is 18.5. The van der Waals surface area contributed by atoms with Crippen molar-refractivity contribution < 1.29 is 21.6 Å². The highest BCUT2D eigenvalue weighted by Gasteiger charge is 2.34. The van der Waals surface area contributed by atoms with Gasteiger partial charge in [-0.3, -0.25) is 14.6 Å². The van der Waals surface area contributed by atoms with Crippen LogP contribution in [0.4, 0.5) is 36.2 Å². The summed E-state index contributed by atoms with van der Waals surface area (Å²) >= 11 is 5.96. The number of alkyl halides is 3. The van der Waals surface area contributed by atoms with E-state index in [1.807, 2.05) is 0 Å². The van der Waals surface area contributed by atoms with Gasteiger partial charge in [0.2, 0.25) is 0 Å². The molecule has 9 nitrogen and oxygen atoms in total. The number of aryl methyl sites for hydroxylation is 2. The van der Waals surface area contributed by atoms with Gasteiger partial charge in [-0.1, -0.05) is 17.7 Å². The maximum Gasteiger partial charge on any atom is 0.433 e. The monoisotopic (exact) mass is 526 g/mol. The lowest BCUT2D eigenvalue weighted by Gasteiger charge is -2.14. The number of pyridine rings is 2. The van der Waals surface area contributed by atoms with E-state index in [1.165, 1.54) is 50.4 Å². The van der Waals surface area contributed by atoms with Crippen molar-refractivity contribution in [2.24, 2.45) is 7.05 Å². The topological polar surface area (TPSA) is 122 Å². The molecule has 0 radical (unpaired) electrons. The van der Waals surface area contributed by atoms with E-state index in [9.17, 15) is 26.4 Å². The quantitative estimate of drug-likeness (QED) is 0.349. The van der Waals surface area contributed by atoms with Crippen molar-refractivity contribution in [3.63, 3.8) is 0 Å². The van der Waals surface area contributed by atoms with Gasteiger partial charge >= 0.3 is 6.18 Å². The Morgan fingerprint density at radius 3 is 2.40 bits per heavy atom. The number of nitrogens with zero attached hydrogens (tertiary/aromatic N) is 3. The molecular weight excluding hydrogens is 509 g/mol. The lowest BCUT2D eigenvalue weighted by Crippen LogP contribution is -2.13. The number of nitrogens with one attached hydrogen (secondary N) is 3. The summed E-state index contributed by atoms with van der Waals surface area (Å²) in [5.41, 5.74) is -1.13. The summed E-state index contributed by atoms with van der Waals surface area (Å²) in [5.74, 6) is -0.0662. The Hall–Kier alpha value is -3.58. The van der Waals surface area contributed by atoms with Gasteiger partial charge in [-0.25, -0.2) is 18.4 Å². The molecule has 0 saturated heterocycles. The predicted molar refractivity (Wildman–Crippen MR) is 126 cm³/mol. The van der Waals surface area contributed by atoms with Crippen LogP contribution in [0.5, 0.6) is 0 Å². The number of sulfone groups is 1. The van der Waals surface area contributed by atoms with E-state index in [4.69, 9.17) is 11.6 Å². The van der Waals surface area contributed by atoms with Crippen LogP contribution in [0.3, 0.4) is 0 Å². The van der Waals surface area contributed by atoms with Crippen molar-refractivity contribution >= 4 is 55.5 Å². The van der Waals surface area contributed by atoms with Crippen LogP contribution in [0.15, 0.2) is 46.1 Å². The van der Waals surface area contributed by atoms with Gasteiger partial charge in [0, 0.05) is 24.4 Å². The van der Waals surface area contributed by atoms with Gasteiger partial charge in [0.05, 0.1) is 16.3 Å². The molecule has 0 spiro atoms. The molecule has 3 aromatic heterocycles. The third-order valence-corrected chi connectivity index (χ3v) is 6.42. The van der Waals surface area contributed by atoms with Crippen molar-refractivity contribution in [2.45, 2.75) is 18.0 Å². The zero-order valence-corrected chi connectivity index (χ0v) is 20.0. The van der Waals surface area contributed by atoms with Gasteiger partial charge in [-0.2, -0.15) is 13.2 Å². The van der Waals surface area contributed by atoms with Gasteiger partial charge in [0.15, 0.2) is 15.5 Å². The van der Waals surface area contributed by atoms with Crippen LogP contribution in [0.25, 0.3) is 11.0 Å². The van der Waals surface area contributed by atoms with Gasteiger partial charge in [0.1, 0.15) is 22.7 Å². The van der Waals surface area contributed by atoms with Crippen molar-refractivity contribution in [1.82, 2.24) is 19.7 Å². The largest absolute Gasteiger partial charge is 0.433 e. The van der Waals surface area contributed by atoms with Gasteiger partial charge in [-0.05, 0) is 36.8 Å². The minimum absolute atomic E-state index is 0.0442. The fourth-order valence-electron chi connectivity index (χ4n) is 3.45. The molecule has 0 bridgehead atoms. The predicted octanol–water partition coefficient (Wildman–Crippen LogP) is 4.53. The molecule has 4 aromatic rings. The minimum Gasteiger partial charge on any atom is -0.354 e. The van der Waals surface area contributed by atoms with E-state index in [1.54, 1.807) is 0 Å². The number of hydrogen-bond acceptors (Lipinski definition) is 7. The number of aromatic nitrogens is 4. The maximum absolute atomic E-state index is 13.3. The highest BCUT2D eigenvalue weighted by molar-refractivity contribution is 7.90. The maximum atomic E-state index is 13.3. The van der Waals surface area contributed by atoms with E-state index >= 15 is 0 Å². The normalized spacial score (nSPS) is 12.2. The molecule has 0 aliphatic carbocycles. The fourth-order valence-corrected chi connectivity index (χ4v) is 4.55. The van der Waals surface area contributed by atoms with Crippen LogP contribution in [0.1, 0.15) is 11.3 Å². The molecule has 3 heterocycles. The Labute approximate surface area is 201 Å². The molecule has 0 aliphatic heterocycles. The third kappa shape index (κ3) is 4.95. The lowest BCUT2D eigenvalue weighted by molar-refractivity contribution is -0.141. The molecule has 35 heavy (non-hydrogen) atoms. The summed E-state index contributed by atoms with van der Waals surface area (Å²) in [6, 6.07) is 8.17. The number of benzene rings is 1. The van der Waals surface area contributed by atoms with Crippen LogP contribution >= 0.6 is 11.6 Å². The number of H-pyrrole nitrogens is 1. The van der Waals surface area contributed by atoms with Crippen LogP contribution in [0.2, 0.25) is 5.02 Å². The molecule has 184 valence electrons. The van der Waals surface area contributed by atoms with E-state index in [-0.39, 0.29) is 49.5 Å². The summed E-state index contributed by atoms with van der Waals surface area (Å²) in [5, 5.41) is 8.69. The molecular formula is C21H18ClF3N6O3S. The number of halogens is 4. The van der Waals surface area contributed by atoms with Crippen LogP contribution in [-0.4, -0.2) is 34.4 Å². The summed E-state index contributed by atoms with van der Waals surface area (Å²) < 4.78 is 65.6. The molecule has 0 unspecified atom stereocenters. The van der Waals surface area contributed by atoms with E-state index < -0.39 is 27.3 Å². The third-order valence-electron chi connectivity index (χ3n) is 5.05. The molecule has 0 atom stereocenters. The molecule has 14 heteroatoms. The fraction of sp³-hybridized carbons (Fsp3) is 0.190. The van der Waals surface area contributed by atoms with Gasteiger partial charge < -0.3 is 10.6 Å². The Kier molecular flexibility index (Phi) is 6.01. The highest BCUT2D eigenvalue weighted by Crippen LogP contribution is 2.33. The Morgan fingerprint density at radius 1 is 1.03 bits per heavy atom. The number of rotatable bonds is 5. The average molecular weight is 527 g/mol. The second kappa shape index (κ2) is 8.57. The van der Waals surface area contributed by atoms with Crippen LogP contribution in [-0.2, 0) is 23.1 Å². The first kappa shape index (κ1) is 24.5. The smallest absolute Gasteiger partial charge is 0.354 e. The molecule has 0 saturated carbocycles. The zero-order chi connectivity index (χ0) is 25.7. The Morgan fingerprint density at radius 2 is 1.74 bits per heavy atom. The van der Waals surface area contributed by atoms with Gasteiger partial charge in [0.25, 0.3) is 5.56 Å². The van der Waals surface area contributed by atoms with Crippen molar-refractivity contribution in [1.29, 1.82) is 0 Å². The molecule has 0 fully saturated rings. The molecule has 0 amide bonds. The molecule has 4 rings (SSSR count). The molecule has 1 aromatic carbocycles. The van der Waals surface area contributed by atoms with Crippen molar-refractivity contribution in [3.8, 4) is 0 Å². The number of hydrogen-bond donors (Lipinski definition) is 3. The first-order valence-electron chi connectivity index (χ1n) is 9.92. The Bertz CT molecular complexity index is 1630. The number of fused-ring (bicyclic) bond motifs is 1.